The van der Waals surface area contributed by atoms with Gasteiger partial charge in [-0.1, -0.05) is 11.6 Å². The van der Waals surface area contributed by atoms with Gasteiger partial charge in [-0.2, -0.15) is 4.98 Å². The molecule has 0 spiro atoms. The van der Waals surface area contributed by atoms with Crippen LogP contribution in [0.4, 0.5) is 21.8 Å². The number of hydrogen-bond acceptors (Lipinski definition) is 7. The van der Waals surface area contributed by atoms with Crippen LogP contribution in [0.1, 0.15) is 25.7 Å². The largest absolute Gasteiger partial charge is 0.393 e. The molecule has 1 aliphatic carbocycles. The third-order valence-electron chi connectivity index (χ3n) is 4.87. The van der Waals surface area contributed by atoms with Crippen LogP contribution in [0.25, 0.3) is 11.1 Å². The zero-order valence-electron chi connectivity index (χ0n) is 15.5. The molecule has 0 saturated heterocycles. The van der Waals surface area contributed by atoms with E-state index in [2.05, 4.69) is 30.6 Å². The van der Waals surface area contributed by atoms with E-state index in [9.17, 15) is 9.50 Å². The summed E-state index contributed by atoms with van der Waals surface area (Å²) in [4.78, 5) is 17.1. The lowest BCUT2D eigenvalue weighted by atomic mass is 9.93. The smallest absolute Gasteiger partial charge is 0.229 e. The first-order valence-corrected chi connectivity index (χ1v) is 9.75. The first-order chi connectivity index (χ1) is 14.1. The van der Waals surface area contributed by atoms with E-state index in [-0.39, 0.29) is 17.2 Å². The molecular formula is C20H20ClFN6O. The van der Waals surface area contributed by atoms with Gasteiger partial charge in [0.1, 0.15) is 18.0 Å². The van der Waals surface area contributed by atoms with Crippen LogP contribution in [0.5, 0.6) is 0 Å². The predicted molar refractivity (Wildman–Crippen MR) is 110 cm³/mol. The van der Waals surface area contributed by atoms with Crippen molar-refractivity contribution < 1.29 is 9.50 Å². The highest BCUT2D eigenvalue weighted by Gasteiger charge is 2.21. The normalized spacial score (nSPS) is 19.0. The number of nitrogens with zero attached hydrogens (tertiary/aromatic N) is 4. The maximum atomic E-state index is 13.4. The Balaban J connectivity index is 1.63. The van der Waals surface area contributed by atoms with Gasteiger partial charge in [0.25, 0.3) is 0 Å². The number of benzene rings is 1. The van der Waals surface area contributed by atoms with Gasteiger partial charge in [0.2, 0.25) is 5.95 Å². The molecule has 9 heteroatoms. The summed E-state index contributed by atoms with van der Waals surface area (Å²) in [5.41, 5.74) is 2.15. The minimum atomic E-state index is -0.487. The highest BCUT2D eigenvalue weighted by Crippen LogP contribution is 2.30. The minimum Gasteiger partial charge on any atom is -0.393 e. The molecule has 4 rings (SSSR count). The van der Waals surface area contributed by atoms with Crippen LogP contribution < -0.4 is 10.6 Å². The Morgan fingerprint density at radius 3 is 2.55 bits per heavy atom. The summed E-state index contributed by atoms with van der Waals surface area (Å²) >= 11 is 5.85. The molecule has 29 heavy (non-hydrogen) atoms. The quantitative estimate of drug-likeness (QED) is 0.576. The van der Waals surface area contributed by atoms with Gasteiger partial charge in [-0.3, -0.25) is 0 Å². The Morgan fingerprint density at radius 2 is 1.83 bits per heavy atom. The second-order valence-corrected chi connectivity index (χ2v) is 7.39. The molecule has 0 bridgehead atoms. The summed E-state index contributed by atoms with van der Waals surface area (Å²) < 4.78 is 13.4. The molecule has 3 aromatic rings. The van der Waals surface area contributed by atoms with Crippen LogP contribution in [0.3, 0.4) is 0 Å². The molecule has 0 radical (unpaired) electrons. The molecule has 2 heterocycles. The van der Waals surface area contributed by atoms with Gasteiger partial charge in [0.15, 0.2) is 0 Å². The molecule has 0 aliphatic heterocycles. The molecule has 3 N–H and O–H groups in total. The van der Waals surface area contributed by atoms with Crippen molar-refractivity contribution in [1.82, 2.24) is 19.9 Å². The van der Waals surface area contributed by atoms with Crippen molar-refractivity contribution in [3.05, 3.63) is 54.0 Å². The number of halogens is 2. The van der Waals surface area contributed by atoms with Gasteiger partial charge >= 0.3 is 0 Å². The van der Waals surface area contributed by atoms with E-state index < -0.39 is 5.82 Å². The van der Waals surface area contributed by atoms with Crippen molar-refractivity contribution >= 4 is 29.1 Å². The van der Waals surface area contributed by atoms with Gasteiger partial charge in [-0.15, -0.1) is 0 Å². The first kappa shape index (κ1) is 19.5. The number of rotatable bonds is 5. The fourth-order valence-electron chi connectivity index (χ4n) is 3.32. The highest BCUT2D eigenvalue weighted by atomic mass is 35.5. The standard InChI is InChI=1S/C20H20ClFN6O/c21-17-7-14(3-6-18(17)22)27-20-25-10-16(12-8-23-11-24-9-12)19(28-20)26-13-1-4-15(29)5-2-13/h3,6-11,13,15,29H,1-2,4-5H2,(H2,25,26,27,28). The summed E-state index contributed by atoms with van der Waals surface area (Å²) in [5.74, 6) is 0.512. The molecule has 1 saturated carbocycles. The van der Waals surface area contributed by atoms with Crippen molar-refractivity contribution in [1.29, 1.82) is 0 Å². The Morgan fingerprint density at radius 1 is 1.07 bits per heavy atom. The van der Waals surface area contributed by atoms with Gasteiger partial charge < -0.3 is 15.7 Å². The Kier molecular flexibility index (Phi) is 5.82. The van der Waals surface area contributed by atoms with Gasteiger partial charge in [-0.25, -0.2) is 19.3 Å². The third kappa shape index (κ3) is 4.78. The number of nitrogens with one attached hydrogen (secondary N) is 2. The average molecular weight is 415 g/mol. The zero-order valence-corrected chi connectivity index (χ0v) is 16.3. The first-order valence-electron chi connectivity index (χ1n) is 9.37. The number of aliphatic hydroxyl groups is 1. The van der Waals surface area contributed by atoms with E-state index in [1.165, 1.54) is 18.5 Å². The summed E-state index contributed by atoms with van der Waals surface area (Å²) in [6.45, 7) is 0. The lowest BCUT2D eigenvalue weighted by Gasteiger charge is -2.27. The van der Waals surface area contributed by atoms with Crippen molar-refractivity contribution in [3.63, 3.8) is 0 Å². The van der Waals surface area contributed by atoms with Crippen molar-refractivity contribution in [2.75, 3.05) is 10.6 Å². The van der Waals surface area contributed by atoms with Crippen molar-refractivity contribution in [2.45, 2.75) is 37.8 Å². The fourth-order valence-corrected chi connectivity index (χ4v) is 3.50. The zero-order chi connectivity index (χ0) is 20.2. The number of aromatic nitrogens is 4. The highest BCUT2D eigenvalue weighted by molar-refractivity contribution is 6.31. The SMILES string of the molecule is OC1CCC(Nc2nc(Nc3ccc(F)c(Cl)c3)ncc2-c2cncnc2)CC1. The van der Waals surface area contributed by atoms with Gasteiger partial charge in [0.05, 0.1) is 11.1 Å². The number of aliphatic hydroxyl groups excluding tert-OH is 1. The maximum absolute atomic E-state index is 13.4. The molecule has 1 fully saturated rings. The molecule has 0 unspecified atom stereocenters. The van der Waals surface area contributed by atoms with Crippen LogP contribution in [0.2, 0.25) is 5.02 Å². The van der Waals surface area contributed by atoms with Crippen LogP contribution in [0, 0.1) is 5.82 Å². The summed E-state index contributed by atoms with van der Waals surface area (Å²) in [7, 11) is 0. The number of anilines is 3. The molecule has 150 valence electrons. The van der Waals surface area contributed by atoms with E-state index >= 15 is 0 Å². The second kappa shape index (κ2) is 8.67. The third-order valence-corrected chi connectivity index (χ3v) is 5.16. The van der Waals surface area contributed by atoms with E-state index in [4.69, 9.17) is 11.6 Å². The topological polar surface area (TPSA) is 95.8 Å². The van der Waals surface area contributed by atoms with Crippen molar-refractivity contribution in [2.24, 2.45) is 0 Å². The predicted octanol–water partition coefficient (Wildman–Crippen LogP) is 4.19. The van der Waals surface area contributed by atoms with Crippen LogP contribution in [-0.2, 0) is 0 Å². The van der Waals surface area contributed by atoms with E-state index in [0.717, 1.165) is 36.8 Å². The minimum absolute atomic E-state index is 0.0205. The molecular weight excluding hydrogens is 395 g/mol. The molecule has 1 aromatic carbocycles. The fraction of sp³-hybridized carbons (Fsp3) is 0.300. The molecule has 2 aromatic heterocycles. The van der Waals surface area contributed by atoms with E-state index in [1.54, 1.807) is 24.7 Å². The van der Waals surface area contributed by atoms with Gasteiger partial charge in [0, 0.05) is 41.4 Å². The van der Waals surface area contributed by atoms with Crippen molar-refractivity contribution in [3.8, 4) is 11.1 Å². The maximum Gasteiger partial charge on any atom is 0.229 e. The molecule has 0 amide bonds. The summed E-state index contributed by atoms with van der Waals surface area (Å²) in [6, 6.07) is 4.53. The summed E-state index contributed by atoms with van der Waals surface area (Å²) in [5, 5.41) is 16.3. The lowest BCUT2D eigenvalue weighted by Crippen LogP contribution is -2.28. The second-order valence-electron chi connectivity index (χ2n) is 6.99. The summed E-state index contributed by atoms with van der Waals surface area (Å²) in [6.07, 6.45) is 9.55. The lowest BCUT2D eigenvalue weighted by molar-refractivity contribution is 0.126. The Hall–Kier alpha value is -2.84. The average Bonchev–Trinajstić information content (AvgIpc) is 2.73. The Bertz CT molecular complexity index is 982. The molecule has 1 aliphatic rings. The van der Waals surface area contributed by atoms with Crippen LogP contribution >= 0.6 is 11.6 Å². The van der Waals surface area contributed by atoms with E-state index in [0.29, 0.717) is 17.5 Å². The monoisotopic (exact) mass is 414 g/mol. The van der Waals surface area contributed by atoms with Crippen LogP contribution in [0.15, 0.2) is 43.1 Å². The number of hydrogen-bond donors (Lipinski definition) is 3. The van der Waals surface area contributed by atoms with Gasteiger partial charge in [-0.05, 0) is 43.9 Å². The Labute approximate surface area is 172 Å². The molecule has 7 nitrogen and oxygen atoms in total. The van der Waals surface area contributed by atoms with E-state index in [1.807, 2.05) is 0 Å². The molecule has 0 atom stereocenters. The van der Waals surface area contributed by atoms with Crippen LogP contribution in [-0.4, -0.2) is 37.2 Å².